The Morgan fingerprint density at radius 2 is 2.00 bits per heavy atom. The Balaban J connectivity index is 2.63. The van der Waals surface area contributed by atoms with Crippen LogP contribution < -0.4 is 5.32 Å². The summed E-state index contributed by atoms with van der Waals surface area (Å²) in [6.45, 7) is 7.44. The average molecular weight is 235 g/mol. The van der Waals surface area contributed by atoms with Crippen LogP contribution in [0.25, 0.3) is 0 Å². The highest BCUT2D eigenvalue weighted by molar-refractivity contribution is 5.71. The van der Waals surface area contributed by atoms with Crippen LogP contribution in [0.2, 0.25) is 0 Å². The van der Waals surface area contributed by atoms with E-state index >= 15 is 0 Å². The van der Waals surface area contributed by atoms with E-state index in [0.717, 1.165) is 6.54 Å². The van der Waals surface area contributed by atoms with Crippen LogP contribution in [-0.4, -0.2) is 26.2 Å². The monoisotopic (exact) mass is 235 g/mol. The van der Waals surface area contributed by atoms with Crippen molar-refractivity contribution in [1.29, 1.82) is 0 Å². The van der Waals surface area contributed by atoms with Crippen LogP contribution in [0, 0.1) is 6.92 Å². The number of hydrogen-bond acceptors (Lipinski definition) is 3. The largest absolute Gasteiger partial charge is 0.468 e. The number of carbonyl (C=O) groups is 1. The molecule has 0 fully saturated rings. The lowest BCUT2D eigenvalue weighted by Gasteiger charge is -2.27. The van der Waals surface area contributed by atoms with Crippen molar-refractivity contribution in [3.63, 3.8) is 0 Å². The summed E-state index contributed by atoms with van der Waals surface area (Å²) in [6, 6.07) is 8.33. The summed E-state index contributed by atoms with van der Waals surface area (Å²) in [4.78, 5) is 11.0. The van der Waals surface area contributed by atoms with E-state index in [1.807, 2.05) is 12.1 Å². The van der Waals surface area contributed by atoms with Crippen molar-refractivity contribution >= 4 is 5.97 Å². The Bertz CT molecular complexity index is 386. The molecule has 0 aliphatic rings. The first-order chi connectivity index (χ1) is 7.97. The molecule has 1 aromatic carbocycles. The van der Waals surface area contributed by atoms with Crippen molar-refractivity contribution in [2.24, 2.45) is 0 Å². The summed E-state index contributed by atoms with van der Waals surface area (Å²) in [6.07, 6.45) is 0. The average Bonchev–Trinajstić information content (AvgIpc) is 2.28. The van der Waals surface area contributed by atoms with Crippen molar-refractivity contribution in [1.82, 2.24) is 5.32 Å². The number of nitrogens with one attached hydrogen (secondary N) is 1. The molecule has 0 aromatic heterocycles. The molecular formula is C14H21NO2. The third-order valence-electron chi connectivity index (χ3n) is 2.94. The Morgan fingerprint density at radius 1 is 1.35 bits per heavy atom. The van der Waals surface area contributed by atoms with Crippen LogP contribution in [0.15, 0.2) is 24.3 Å². The minimum absolute atomic E-state index is 0.000630. The SMILES string of the molecule is COC(=O)CNCC(C)(C)c1ccccc1C. The molecule has 0 heterocycles. The fourth-order valence-electron chi connectivity index (χ4n) is 1.98. The van der Waals surface area contributed by atoms with Gasteiger partial charge in [-0.2, -0.15) is 0 Å². The highest BCUT2D eigenvalue weighted by Gasteiger charge is 2.21. The predicted molar refractivity (Wildman–Crippen MR) is 69.1 cm³/mol. The lowest BCUT2D eigenvalue weighted by molar-refractivity contribution is -0.139. The normalized spacial score (nSPS) is 11.3. The predicted octanol–water partition coefficient (Wildman–Crippen LogP) is 2.04. The smallest absolute Gasteiger partial charge is 0.319 e. The first kappa shape index (κ1) is 13.7. The zero-order valence-electron chi connectivity index (χ0n) is 11.0. The van der Waals surface area contributed by atoms with Gasteiger partial charge < -0.3 is 10.1 Å². The zero-order chi connectivity index (χ0) is 12.9. The van der Waals surface area contributed by atoms with Gasteiger partial charge in [-0.3, -0.25) is 4.79 Å². The molecule has 0 saturated carbocycles. The molecule has 0 aliphatic heterocycles. The third-order valence-corrected chi connectivity index (χ3v) is 2.94. The van der Waals surface area contributed by atoms with Gasteiger partial charge in [0.2, 0.25) is 0 Å². The molecule has 94 valence electrons. The number of ether oxygens (including phenoxy) is 1. The molecule has 0 unspecified atom stereocenters. The number of carbonyl (C=O) groups excluding carboxylic acids is 1. The standard InChI is InChI=1S/C14H21NO2/c1-11-7-5-6-8-12(11)14(2,3)10-15-9-13(16)17-4/h5-8,15H,9-10H2,1-4H3. The van der Waals surface area contributed by atoms with Crippen molar-refractivity contribution in [3.05, 3.63) is 35.4 Å². The minimum atomic E-state index is -0.231. The summed E-state index contributed by atoms with van der Waals surface area (Å²) in [7, 11) is 1.40. The van der Waals surface area contributed by atoms with E-state index in [-0.39, 0.29) is 17.9 Å². The van der Waals surface area contributed by atoms with E-state index in [0.29, 0.717) is 0 Å². The van der Waals surface area contributed by atoms with Crippen LogP contribution in [-0.2, 0) is 14.9 Å². The van der Waals surface area contributed by atoms with E-state index in [1.54, 1.807) is 0 Å². The maximum atomic E-state index is 11.0. The summed E-state index contributed by atoms with van der Waals surface area (Å²) in [5, 5.41) is 3.13. The lowest BCUT2D eigenvalue weighted by atomic mass is 9.82. The van der Waals surface area contributed by atoms with Gasteiger partial charge in [0.15, 0.2) is 0 Å². The number of methoxy groups -OCH3 is 1. The number of aryl methyl sites for hydroxylation is 1. The van der Waals surface area contributed by atoms with Crippen LogP contribution in [0.4, 0.5) is 0 Å². The molecule has 0 radical (unpaired) electrons. The fraction of sp³-hybridized carbons (Fsp3) is 0.500. The van der Waals surface area contributed by atoms with Gasteiger partial charge in [-0.1, -0.05) is 38.1 Å². The number of benzene rings is 1. The molecule has 0 spiro atoms. The first-order valence-corrected chi connectivity index (χ1v) is 5.81. The molecule has 0 bridgehead atoms. The second-order valence-electron chi connectivity index (χ2n) is 4.88. The van der Waals surface area contributed by atoms with Gasteiger partial charge in [0, 0.05) is 12.0 Å². The van der Waals surface area contributed by atoms with Gasteiger partial charge in [-0.05, 0) is 18.1 Å². The number of rotatable bonds is 5. The van der Waals surface area contributed by atoms with Gasteiger partial charge in [0.25, 0.3) is 0 Å². The zero-order valence-corrected chi connectivity index (χ0v) is 11.0. The molecule has 1 aromatic rings. The van der Waals surface area contributed by atoms with Gasteiger partial charge in [0.1, 0.15) is 0 Å². The molecule has 1 rings (SSSR count). The Labute approximate surface area is 103 Å². The molecule has 0 atom stereocenters. The molecule has 0 saturated heterocycles. The second kappa shape index (κ2) is 5.82. The molecule has 1 N–H and O–H groups in total. The van der Waals surface area contributed by atoms with E-state index in [9.17, 15) is 4.79 Å². The molecule has 3 nitrogen and oxygen atoms in total. The lowest BCUT2D eigenvalue weighted by Crippen LogP contribution is -2.36. The quantitative estimate of drug-likeness (QED) is 0.794. The maximum absolute atomic E-state index is 11.0. The Kier molecular flexibility index (Phi) is 4.70. The molecule has 0 aliphatic carbocycles. The van der Waals surface area contributed by atoms with Crippen molar-refractivity contribution in [2.45, 2.75) is 26.2 Å². The summed E-state index contributed by atoms with van der Waals surface area (Å²) < 4.78 is 4.59. The van der Waals surface area contributed by atoms with Crippen LogP contribution in [0.5, 0.6) is 0 Å². The van der Waals surface area contributed by atoms with Crippen molar-refractivity contribution in [3.8, 4) is 0 Å². The van der Waals surface area contributed by atoms with E-state index in [1.165, 1.54) is 18.2 Å². The van der Waals surface area contributed by atoms with E-state index < -0.39 is 0 Å². The van der Waals surface area contributed by atoms with E-state index in [2.05, 4.69) is 43.0 Å². The number of hydrogen-bond donors (Lipinski definition) is 1. The van der Waals surface area contributed by atoms with Crippen molar-refractivity contribution in [2.75, 3.05) is 20.2 Å². The topological polar surface area (TPSA) is 38.3 Å². The highest BCUT2D eigenvalue weighted by atomic mass is 16.5. The van der Waals surface area contributed by atoms with Gasteiger partial charge in [0.05, 0.1) is 13.7 Å². The first-order valence-electron chi connectivity index (χ1n) is 5.81. The van der Waals surface area contributed by atoms with Gasteiger partial charge in [-0.15, -0.1) is 0 Å². The van der Waals surface area contributed by atoms with Crippen LogP contribution in [0.1, 0.15) is 25.0 Å². The maximum Gasteiger partial charge on any atom is 0.319 e. The fourth-order valence-corrected chi connectivity index (χ4v) is 1.98. The third kappa shape index (κ3) is 3.86. The summed E-state index contributed by atoms with van der Waals surface area (Å²) in [5.74, 6) is -0.231. The second-order valence-corrected chi connectivity index (χ2v) is 4.88. The molecule has 17 heavy (non-hydrogen) atoms. The van der Waals surface area contributed by atoms with Crippen molar-refractivity contribution < 1.29 is 9.53 Å². The summed E-state index contributed by atoms with van der Waals surface area (Å²) in [5.41, 5.74) is 2.58. The number of esters is 1. The molecular weight excluding hydrogens is 214 g/mol. The van der Waals surface area contributed by atoms with Crippen LogP contribution >= 0.6 is 0 Å². The molecule has 3 heteroatoms. The summed E-state index contributed by atoms with van der Waals surface area (Å²) >= 11 is 0. The van der Waals surface area contributed by atoms with E-state index in [4.69, 9.17) is 0 Å². The van der Waals surface area contributed by atoms with Crippen LogP contribution in [0.3, 0.4) is 0 Å². The van der Waals surface area contributed by atoms with Gasteiger partial charge >= 0.3 is 5.97 Å². The van der Waals surface area contributed by atoms with Gasteiger partial charge in [-0.25, -0.2) is 0 Å². The highest BCUT2D eigenvalue weighted by Crippen LogP contribution is 2.25. The Hall–Kier alpha value is -1.35. The molecule has 0 amide bonds. The minimum Gasteiger partial charge on any atom is -0.468 e. The Morgan fingerprint density at radius 3 is 2.59 bits per heavy atom.